The summed E-state index contributed by atoms with van der Waals surface area (Å²) in [7, 11) is 0. The van der Waals surface area contributed by atoms with Crippen LogP contribution in [-0.2, 0) is 4.74 Å². The Kier molecular flexibility index (Phi) is 2.70. The van der Waals surface area contributed by atoms with E-state index in [1.54, 1.807) is 0 Å². The van der Waals surface area contributed by atoms with E-state index >= 15 is 0 Å². The van der Waals surface area contributed by atoms with Gasteiger partial charge in [0.05, 0.1) is 12.2 Å². The van der Waals surface area contributed by atoms with Crippen LogP contribution < -0.4 is 5.32 Å². The first-order valence-electron chi connectivity index (χ1n) is 6.21. The molecule has 86 valence electrons. The van der Waals surface area contributed by atoms with Gasteiger partial charge in [-0.25, -0.2) is 0 Å². The molecule has 1 aliphatic heterocycles. The van der Waals surface area contributed by atoms with Gasteiger partial charge in [0.15, 0.2) is 0 Å². The van der Waals surface area contributed by atoms with Gasteiger partial charge in [-0.3, -0.25) is 0 Å². The molecule has 0 atom stereocenters. The Morgan fingerprint density at radius 3 is 2.20 bits per heavy atom. The van der Waals surface area contributed by atoms with Gasteiger partial charge >= 0.3 is 0 Å². The molecule has 0 aromatic rings. The molecule has 0 saturated heterocycles. The third kappa shape index (κ3) is 1.86. The maximum absolute atomic E-state index is 6.26. The largest absolute Gasteiger partial charge is 0.488 e. The molecule has 15 heavy (non-hydrogen) atoms. The monoisotopic (exact) mass is 209 g/mol. The first kappa shape index (κ1) is 10.8. The minimum atomic E-state index is 0.151. The van der Waals surface area contributed by atoms with Crippen LogP contribution in [0.5, 0.6) is 0 Å². The van der Waals surface area contributed by atoms with Gasteiger partial charge in [0.2, 0.25) is 0 Å². The standard InChI is InChI=1S/C13H23NO/c1-9(2)11-12(10(3)4)15-13(8-14-11)6-5-7-13/h9-10,14H,5-8H2,1-4H3. The van der Waals surface area contributed by atoms with Crippen LogP contribution in [0.4, 0.5) is 0 Å². The van der Waals surface area contributed by atoms with Crippen molar-refractivity contribution < 1.29 is 4.74 Å². The summed E-state index contributed by atoms with van der Waals surface area (Å²) in [6, 6.07) is 0. The number of hydrogen-bond donors (Lipinski definition) is 1. The van der Waals surface area contributed by atoms with Crippen LogP contribution in [0.1, 0.15) is 47.0 Å². The Bertz CT molecular complexity index is 274. The molecule has 1 N–H and O–H groups in total. The molecule has 1 spiro atoms. The third-order valence-corrected chi connectivity index (χ3v) is 3.56. The van der Waals surface area contributed by atoms with E-state index < -0.39 is 0 Å². The van der Waals surface area contributed by atoms with Crippen molar-refractivity contribution in [2.75, 3.05) is 6.54 Å². The molecule has 0 unspecified atom stereocenters. The highest BCUT2D eigenvalue weighted by Crippen LogP contribution is 2.41. The van der Waals surface area contributed by atoms with Gasteiger partial charge in [-0.2, -0.15) is 0 Å². The third-order valence-electron chi connectivity index (χ3n) is 3.56. The molecule has 0 amide bonds. The van der Waals surface area contributed by atoms with Crippen molar-refractivity contribution in [3.05, 3.63) is 11.5 Å². The molecule has 2 rings (SSSR count). The van der Waals surface area contributed by atoms with Crippen LogP contribution in [0, 0.1) is 11.8 Å². The van der Waals surface area contributed by atoms with E-state index in [0.717, 1.165) is 6.54 Å². The number of allylic oxidation sites excluding steroid dienone is 2. The number of hydrogen-bond acceptors (Lipinski definition) is 2. The van der Waals surface area contributed by atoms with Crippen molar-refractivity contribution in [3.8, 4) is 0 Å². The maximum atomic E-state index is 6.26. The molecule has 2 aliphatic rings. The van der Waals surface area contributed by atoms with Crippen LogP contribution in [0.15, 0.2) is 11.5 Å². The van der Waals surface area contributed by atoms with Crippen LogP contribution in [0.2, 0.25) is 0 Å². The zero-order valence-electron chi connectivity index (χ0n) is 10.4. The van der Waals surface area contributed by atoms with Gasteiger partial charge in [-0.1, -0.05) is 27.7 Å². The van der Waals surface area contributed by atoms with Crippen molar-refractivity contribution in [2.45, 2.75) is 52.6 Å². The summed E-state index contributed by atoms with van der Waals surface area (Å²) >= 11 is 0. The van der Waals surface area contributed by atoms with Crippen molar-refractivity contribution >= 4 is 0 Å². The molecule has 2 nitrogen and oxygen atoms in total. The van der Waals surface area contributed by atoms with Crippen molar-refractivity contribution in [1.82, 2.24) is 5.32 Å². The maximum Gasteiger partial charge on any atom is 0.126 e. The van der Waals surface area contributed by atoms with Crippen LogP contribution in [0.25, 0.3) is 0 Å². The average Bonchev–Trinajstić information content (AvgIpc) is 2.14. The fourth-order valence-electron chi connectivity index (χ4n) is 2.44. The topological polar surface area (TPSA) is 21.3 Å². The van der Waals surface area contributed by atoms with Crippen molar-refractivity contribution in [2.24, 2.45) is 11.8 Å². The van der Waals surface area contributed by atoms with Crippen LogP contribution in [-0.4, -0.2) is 12.1 Å². The minimum Gasteiger partial charge on any atom is -0.488 e. The van der Waals surface area contributed by atoms with Gasteiger partial charge in [-0.15, -0.1) is 0 Å². The Labute approximate surface area is 93.1 Å². The summed E-state index contributed by atoms with van der Waals surface area (Å²) < 4.78 is 6.26. The molecule has 1 fully saturated rings. The first-order chi connectivity index (χ1) is 7.04. The zero-order chi connectivity index (χ0) is 11.1. The number of rotatable bonds is 2. The lowest BCUT2D eigenvalue weighted by molar-refractivity contribution is -0.0810. The second kappa shape index (κ2) is 3.73. The summed E-state index contributed by atoms with van der Waals surface area (Å²) in [5.41, 5.74) is 1.47. The van der Waals surface area contributed by atoms with E-state index in [1.807, 2.05) is 0 Å². The minimum absolute atomic E-state index is 0.151. The summed E-state index contributed by atoms with van der Waals surface area (Å²) in [5, 5.41) is 3.60. The summed E-state index contributed by atoms with van der Waals surface area (Å²) in [5.74, 6) is 2.24. The Morgan fingerprint density at radius 2 is 1.80 bits per heavy atom. The second-order valence-corrected chi connectivity index (χ2v) is 5.58. The van der Waals surface area contributed by atoms with E-state index in [9.17, 15) is 0 Å². The second-order valence-electron chi connectivity index (χ2n) is 5.58. The lowest BCUT2D eigenvalue weighted by Gasteiger charge is -2.47. The molecule has 0 aromatic carbocycles. The highest BCUT2D eigenvalue weighted by molar-refractivity contribution is 5.17. The van der Waals surface area contributed by atoms with E-state index in [1.165, 1.54) is 30.7 Å². The molecule has 1 saturated carbocycles. The first-order valence-corrected chi connectivity index (χ1v) is 6.21. The van der Waals surface area contributed by atoms with Crippen molar-refractivity contribution in [1.29, 1.82) is 0 Å². The fourth-order valence-corrected chi connectivity index (χ4v) is 2.44. The number of nitrogens with one attached hydrogen (secondary N) is 1. The van der Waals surface area contributed by atoms with Gasteiger partial charge in [-0.05, 0) is 25.2 Å². The van der Waals surface area contributed by atoms with Gasteiger partial charge in [0.1, 0.15) is 11.4 Å². The molecule has 2 heteroatoms. The molecule has 1 aliphatic carbocycles. The summed E-state index contributed by atoms with van der Waals surface area (Å²) in [4.78, 5) is 0. The fraction of sp³-hybridized carbons (Fsp3) is 0.846. The predicted molar refractivity (Wildman–Crippen MR) is 62.4 cm³/mol. The van der Waals surface area contributed by atoms with Crippen LogP contribution >= 0.6 is 0 Å². The molecular formula is C13H23NO. The Hall–Kier alpha value is -0.660. The average molecular weight is 209 g/mol. The van der Waals surface area contributed by atoms with Gasteiger partial charge in [0, 0.05) is 5.92 Å². The number of ether oxygens (including phenoxy) is 1. The Morgan fingerprint density at radius 1 is 1.13 bits per heavy atom. The van der Waals surface area contributed by atoms with Gasteiger partial charge < -0.3 is 10.1 Å². The highest BCUT2D eigenvalue weighted by atomic mass is 16.5. The zero-order valence-corrected chi connectivity index (χ0v) is 10.4. The molecule has 0 bridgehead atoms. The van der Waals surface area contributed by atoms with E-state index in [0.29, 0.717) is 11.8 Å². The smallest absolute Gasteiger partial charge is 0.126 e. The van der Waals surface area contributed by atoms with E-state index in [-0.39, 0.29) is 5.60 Å². The van der Waals surface area contributed by atoms with E-state index in [2.05, 4.69) is 33.0 Å². The Balaban J connectivity index is 2.21. The SMILES string of the molecule is CC(C)C1=C(C(C)C)OC2(CCC2)CN1. The quantitative estimate of drug-likeness (QED) is 0.754. The summed E-state index contributed by atoms with van der Waals surface area (Å²) in [6.45, 7) is 9.91. The molecular weight excluding hydrogens is 186 g/mol. The molecule has 1 heterocycles. The van der Waals surface area contributed by atoms with Crippen molar-refractivity contribution in [3.63, 3.8) is 0 Å². The predicted octanol–water partition coefficient (Wildman–Crippen LogP) is 3.05. The lowest BCUT2D eigenvalue weighted by Crippen LogP contribution is -2.52. The van der Waals surface area contributed by atoms with Crippen LogP contribution in [0.3, 0.4) is 0 Å². The molecule has 0 aromatic heterocycles. The summed E-state index contributed by atoms with van der Waals surface area (Å²) in [6.07, 6.45) is 3.77. The molecule has 0 radical (unpaired) electrons. The lowest BCUT2D eigenvalue weighted by atomic mass is 9.78. The highest BCUT2D eigenvalue weighted by Gasteiger charge is 2.43. The normalized spacial score (nSPS) is 24.1. The van der Waals surface area contributed by atoms with Gasteiger partial charge in [0.25, 0.3) is 0 Å². The van der Waals surface area contributed by atoms with E-state index in [4.69, 9.17) is 4.74 Å².